The molecule has 2 aliphatic heterocycles. The summed E-state index contributed by atoms with van der Waals surface area (Å²) in [5.74, 6) is -2.11. The number of aliphatic hydroxyl groups excluding tert-OH is 1. The van der Waals surface area contributed by atoms with Gasteiger partial charge < -0.3 is 24.6 Å². The monoisotopic (exact) mass is 265 g/mol. The summed E-state index contributed by atoms with van der Waals surface area (Å²) in [7, 11) is 1.35. The molecule has 0 saturated carbocycles. The fraction of sp³-hybridized carbons (Fsp3) is 0.600. The Morgan fingerprint density at radius 2 is 2.24 bits per heavy atom. The smallest absolute Gasteiger partial charge is 0.543 e. The van der Waals surface area contributed by atoms with Gasteiger partial charge in [-0.25, -0.2) is 0 Å². The molecule has 0 unspecified atom stereocenters. The molecule has 0 radical (unpaired) electrons. The van der Waals surface area contributed by atoms with E-state index < -0.39 is 18.0 Å². The Morgan fingerprint density at radius 3 is 2.65 bits per heavy atom. The van der Waals surface area contributed by atoms with Gasteiger partial charge in [0.2, 0.25) is 5.91 Å². The van der Waals surface area contributed by atoms with Gasteiger partial charge >= 0.3 is 51.4 Å². The van der Waals surface area contributed by atoms with Crippen LogP contribution in [0.25, 0.3) is 0 Å². The van der Waals surface area contributed by atoms with Gasteiger partial charge in [0, 0.05) is 6.42 Å². The van der Waals surface area contributed by atoms with Gasteiger partial charge in [-0.05, 0) is 6.92 Å². The van der Waals surface area contributed by atoms with Crippen molar-refractivity contribution in [3.8, 4) is 0 Å². The van der Waals surface area contributed by atoms with Crippen molar-refractivity contribution in [3.05, 3.63) is 11.5 Å². The van der Waals surface area contributed by atoms with Crippen LogP contribution in [0.4, 0.5) is 0 Å². The number of aliphatic carboxylic acids is 1. The number of carbonyl (C=O) groups excluding carboxylic acids is 2. The molecule has 0 aromatic carbocycles. The molecule has 1 N–H and O–H groups in total. The molecule has 17 heavy (non-hydrogen) atoms. The third-order valence-electron chi connectivity index (χ3n) is 3.13. The maximum absolute atomic E-state index is 11.6. The second kappa shape index (κ2) is 5.37. The zero-order valence-electron chi connectivity index (χ0n) is 9.97. The summed E-state index contributed by atoms with van der Waals surface area (Å²) in [4.78, 5) is 23.7. The van der Waals surface area contributed by atoms with E-state index in [1.165, 1.54) is 14.0 Å². The maximum atomic E-state index is 11.6. The molecule has 1 amide bonds. The van der Waals surface area contributed by atoms with Crippen LogP contribution >= 0.6 is 0 Å². The number of β-lactam (4-membered cyclic amide) rings is 1. The third-order valence-corrected chi connectivity index (χ3v) is 3.13. The van der Waals surface area contributed by atoms with Crippen LogP contribution in [0.2, 0.25) is 0 Å². The van der Waals surface area contributed by atoms with E-state index in [9.17, 15) is 19.8 Å². The molecular weight excluding hydrogens is 253 g/mol. The van der Waals surface area contributed by atoms with Crippen molar-refractivity contribution < 1.29 is 75.9 Å². The van der Waals surface area contributed by atoms with Crippen LogP contribution in [0.1, 0.15) is 13.3 Å². The topological polar surface area (TPSA) is 89.9 Å². The molecule has 2 heterocycles. The van der Waals surface area contributed by atoms with E-state index in [0.29, 0.717) is 6.42 Å². The fourth-order valence-corrected chi connectivity index (χ4v) is 2.40. The molecule has 1 fully saturated rings. The Hall–Kier alpha value is 0.0764. The van der Waals surface area contributed by atoms with Crippen LogP contribution in [0, 0.1) is 5.92 Å². The number of aliphatic hydroxyl groups is 1. The summed E-state index contributed by atoms with van der Waals surface area (Å²) in [6, 6.07) is -0.310. The summed E-state index contributed by atoms with van der Waals surface area (Å²) >= 11 is 0. The molecule has 2 aliphatic rings. The van der Waals surface area contributed by atoms with Gasteiger partial charge in [0.1, 0.15) is 11.5 Å². The number of rotatable bonds is 3. The number of carbonyl (C=O) groups is 2. The van der Waals surface area contributed by atoms with E-state index in [0.717, 1.165) is 4.90 Å². The second-order valence-electron chi connectivity index (χ2n) is 4.01. The van der Waals surface area contributed by atoms with Crippen molar-refractivity contribution >= 4 is 11.9 Å². The summed E-state index contributed by atoms with van der Waals surface area (Å²) in [5.41, 5.74) is -0.200. The van der Waals surface area contributed by atoms with E-state index in [-0.39, 0.29) is 74.8 Å². The number of methoxy groups -OCH3 is 1. The SMILES string of the molecule is COC1=C(C(=O)[O-])N2C(=O)[C@H]([C@@H](C)O)[C@H]2C1.[K+]. The molecule has 0 aliphatic carbocycles. The van der Waals surface area contributed by atoms with Gasteiger partial charge in [0.25, 0.3) is 0 Å². The fourth-order valence-electron chi connectivity index (χ4n) is 2.40. The Kier molecular flexibility index (Phi) is 4.78. The Morgan fingerprint density at radius 1 is 1.65 bits per heavy atom. The zero-order chi connectivity index (χ0) is 12.0. The average molecular weight is 265 g/mol. The number of fused-ring (bicyclic) bond motifs is 1. The van der Waals surface area contributed by atoms with Gasteiger partial charge in [-0.15, -0.1) is 0 Å². The molecule has 0 bridgehead atoms. The minimum atomic E-state index is -1.42. The van der Waals surface area contributed by atoms with Crippen LogP contribution < -0.4 is 56.5 Å². The van der Waals surface area contributed by atoms with E-state index in [4.69, 9.17) is 4.74 Å². The molecule has 88 valence electrons. The normalized spacial score (nSPS) is 28.2. The molecule has 0 spiro atoms. The molecule has 2 rings (SSSR count). The second-order valence-corrected chi connectivity index (χ2v) is 4.01. The zero-order valence-corrected chi connectivity index (χ0v) is 13.1. The van der Waals surface area contributed by atoms with Crippen molar-refractivity contribution in [3.63, 3.8) is 0 Å². The van der Waals surface area contributed by atoms with Gasteiger partial charge in [-0.3, -0.25) is 4.79 Å². The average Bonchev–Trinajstić information content (AvgIpc) is 2.51. The first-order valence-corrected chi connectivity index (χ1v) is 4.98. The Balaban J connectivity index is 0.00000144. The summed E-state index contributed by atoms with van der Waals surface area (Å²) in [5, 5.41) is 20.3. The van der Waals surface area contributed by atoms with Crippen LogP contribution in [-0.4, -0.2) is 41.1 Å². The predicted molar refractivity (Wildman–Crippen MR) is 49.5 cm³/mol. The number of hydrogen-bond donors (Lipinski definition) is 1. The van der Waals surface area contributed by atoms with Crippen molar-refractivity contribution in [1.29, 1.82) is 0 Å². The van der Waals surface area contributed by atoms with Gasteiger partial charge in [0.15, 0.2) is 0 Å². The maximum Gasteiger partial charge on any atom is 1.00 e. The summed E-state index contributed by atoms with van der Waals surface area (Å²) < 4.78 is 4.93. The van der Waals surface area contributed by atoms with E-state index in [2.05, 4.69) is 0 Å². The standard InChI is InChI=1S/C10H13NO5.K/c1-4(12)7-5-3-6(16-2)8(10(14)15)11(5)9(7)13;/h4-5,7,12H,3H2,1-2H3,(H,14,15);/q;+1/p-1/t4-,5-,7-;/m1./s1. The minimum absolute atomic E-state index is 0. The largest absolute Gasteiger partial charge is 1.00 e. The van der Waals surface area contributed by atoms with Crippen LogP contribution in [0.5, 0.6) is 0 Å². The van der Waals surface area contributed by atoms with Crippen LogP contribution in [-0.2, 0) is 14.3 Å². The number of ether oxygens (including phenoxy) is 1. The summed E-state index contributed by atoms with van der Waals surface area (Å²) in [6.07, 6.45) is -0.464. The third kappa shape index (κ3) is 2.20. The van der Waals surface area contributed by atoms with Crippen molar-refractivity contribution in [2.45, 2.75) is 25.5 Å². The number of carboxylic acid groups (broad SMARTS) is 1. The quantitative estimate of drug-likeness (QED) is 0.408. The first kappa shape index (κ1) is 15.1. The van der Waals surface area contributed by atoms with Crippen molar-refractivity contribution in [2.75, 3.05) is 7.11 Å². The van der Waals surface area contributed by atoms with Crippen LogP contribution in [0.15, 0.2) is 11.5 Å². The Bertz CT molecular complexity index is 392. The first-order valence-electron chi connectivity index (χ1n) is 4.98. The minimum Gasteiger partial charge on any atom is -0.543 e. The van der Waals surface area contributed by atoms with Gasteiger partial charge in [-0.1, -0.05) is 0 Å². The molecule has 0 aromatic rings. The molecule has 1 saturated heterocycles. The molecule has 3 atom stereocenters. The molecule has 0 aromatic heterocycles. The van der Waals surface area contributed by atoms with Crippen molar-refractivity contribution in [1.82, 2.24) is 4.90 Å². The number of carboxylic acids is 1. The number of nitrogens with zero attached hydrogens (tertiary/aromatic N) is 1. The number of amides is 1. The van der Waals surface area contributed by atoms with Gasteiger partial charge in [-0.2, -0.15) is 0 Å². The molecule has 6 nitrogen and oxygen atoms in total. The van der Waals surface area contributed by atoms with E-state index in [1.54, 1.807) is 0 Å². The first-order chi connectivity index (χ1) is 7.49. The van der Waals surface area contributed by atoms with Crippen LogP contribution in [0.3, 0.4) is 0 Å². The summed E-state index contributed by atoms with van der Waals surface area (Å²) in [6.45, 7) is 1.52. The van der Waals surface area contributed by atoms with E-state index >= 15 is 0 Å². The van der Waals surface area contributed by atoms with Crippen molar-refractivity contribution in [2.24, 2.45) is 5.92 Å². The number of hydrogen-bond acceptors (Lipinski definition) is 5. The van der Waals surface area contributed by atoms with E-state index in [1.807, 2.05) is 0 Å². The predicted octanol–water partition coefficient (Wildman–Crippen LogP) is -4.79. The molecular formula is C10H12KNO5. The van der Waals surface area contributed by atoms with Gasteiger partial charge in [0.05, 0.1) is 31.1 Å². The molecule has 7 heteroatoms. The Labute approximate surface area is 141 Å².